The van der Waals surface area contributed by atoms with E-state index in [1.807, 2.05) is 43.3 Å². The number of nitrogen functional groups attached to an aromatic ring is 1. The number of nitrogens with two attached hydrogens (primary N) is 1. The summed E-state index contributed by atoms with van der Waals surface area (Å²) in [4.78, 5) is 14.3. The van der Waals surface area contributed by atoms with Gasteiger partial charge in [0.1, 0.15) is 0 Å². The zero-order valence-electron chi connectivity index (χ0n) is 11.9. The Morgan fingerprint density at radius 1 is 1.14 bits per heavy atom. The van der Waals surface area contributed by atoms with Crippen molar-refractivity contribution >= 4 is 34.6 Å². The van der Waals surface area contributed by atoms with Crippen LogP contribution in [0.1, 0.15) is 10.4 Å². The normalized spacial score (nSPS) is 10.1. The van der Waals surface area contributed by atoms with E-state index in [1.54, 1.807) is 18.2 Å². The molecule has 0 saturated heterocycles. The lowest BCUT2D eigenvalue weighted by Gasteiger charge is -2.14. The van der Waals surface area contributed by atoms with Crippen LogP contribution in [0.25, 0.3) is 0 Å². The molecule has 0 aliphatic carbocycles. The summed E-state index contributed by atoms with van der Waals surface area (Å²) in [6.45, 7) is 0. The van der Waals surface area contributed by atoms with E-state index in [-0.39, 0.29) is 5.91 Å². The molecule has 0 radical (unpaired) electrons. The summed E-state index contributed by atoms with van der Waals surface area (Å²) in [7, 11) is 3.91. The van der Waals surface area contributed by atoms with Crippen molar-refractivity contribution < 1.29 is 4.79 Å². The molecule has 110 valence electrons. The molecule has 0 aliphatic rings. The Hall–Kier alpha value is -2.24. The Bertz CT molecular complexity index is 641. The van der Waals surface area contributed by atoms with E-state index >= 15 is 0 Å². The number of hydrazine groups is 1. The summed E-state index contributed by atoms with van der Waals surface area (Å²) in [5, 5.41) is 3.29. The highest BCUT2D eigenvalue weighted by Gasteiger charge is 2.12. The molecule has 0 heterocycles. The molecule has 5 nitrogen and oxygen atoms in total. The highest BCUT2D eigenvalue weighted by molar-refractivity contribution is 6.31. The van der Waals surface area contributed by atoms with Gasteiger partial charge in [-0.1, -0.05) is 11.6 Å². The Kier molecular flexibility index (Phi) is 4.67. The molecule has 0 bridgehead atoms. The van der Waals surface area contributed by atoms with Crippen LogP contribution in [0.2, 0.25) is 5.02 Å². The van der Waals surface area contributed by atoms with Crippen LogP contribution in [0.5, 0.6) is 0 Å². The first-order chi connectivity index (χ1) is 10.0. The molecule has 0 spiro atoms. The van der Waals surface area contributed by atoms with Crippen molar-refractivity contribution in [2.24, 2.45) is 5.84 Å². The van der Waals surface area contributed by atoms with Crippen molar-refractivity contribution in [1.29, 1.82) is 0 Å². The molecule has 2 aromatic rings. The first kappa shape index (κ1) is 15.2. The van der Waals surface area contributed by atoms with E-state index in [4.69, 9.17) is 17.4 Å². The highest BCUT2D eigenvalue weighted by Crippen LogP contribution is 2.22. The number of rotatable bonds is 4. The minimum Gasteiger partial charge on any atom is -0.378 e. The number of hydrogen-bond donors (Lipinski definition) is 3. The SMILES string of the molecule is CN(C)c1ccc(NC(=O)c2cc(Cl)ccc2NN)cc1. The number of hydrogen-bond acceptors (Lipinski definition) is 4. The molecule has 6 heteroatoms. The molecule has 0 atom stereocenters. The van der Waals surface area contributed by atoms with Crippen LogP contribution in [0.4, 0.5) is 17.1 Å². The number of anilines is 3. The van der Waals surface area contributed by atoms with Gasteiger partial charge >= 0.3 is 0 Å². The van der Waals surface area contributed by atoms with Crippen molar-refractivity contribution in [3.05, 3.63) is 53.1 Å². The van der Waals surface area contributed by atoms with Crippen LogP contribution in [-0.2, 0) is 0 Å². The fraction of sp³-hybridized carbons (Fsp3) is 0.133. The summed E-state index contributed by atoms with van der Waals surface area (Å²) >= 11 is 5.92. The minimum atomic E-state index is -0.275. The summed E-state index contributed by atoms with van der Waals surface area (Å²) in [6.07, 6.45) is 0. The first-order valence-electron chi connectivity index (χ1n) is 6.36. The summed E-state index contributed by atoms with van der Waals surface area (Å²) in [5.41, 5.74) is 5.15. The quantitative estimate of drug-likeness (QED) is 0.600. The number of amides is 1. The minimum absolute atomic E-state index is 0.275. The molecule has 2 aromatic carbocycles. The number of benzene rings is 2. The maximum atomic E-state index is 12.3. The van der Waals surface area contributed by atoms with E-state index in [2.05, 4.69) is 10.7 Å². The van der Waals surface area contributed by atoms with Gasteiger partial charge in [-0.3, -0.25) is 10.6 Å². The molecule has 21 heavy (non-hydrogen) atoms. The number of nitrogens with zero attached hydrogens (tertiary/aromatic N) is 1. The topological polar surface area (TPSA) is 70.4 Å². The second kappa shape index (κ2) is 6.47. The third-order valence-corrected chi connectivity index (χ3v) is 3.26. The van der Waals surface area contributed by atoms with E-state index in [1.165, 1.54) is 0 Å². The van der Waals surface area contributed by atoms with Crippen molar-refractivity contribution in [1.82, 2.24) is 0 Å². The molecule has 0 unspecified atom stereocenters. The van der Waals surface area contributed by atoms with Crippen molar-refractivity contribution in [3.8, 4) is 0 Å². The molecule has 0 aliphatic heterocycles. The van der Waals surface area contributed by atoms with Gasteiger partial charge in [-0.15, -0.1) is 0 Å². The van der Waals surface area contributed by atoms with Gasteiger partial charge < -0.3 is 15.6 Å². The van der Waals surface area contributed by atoms with Crippen molar-refractivity contribution in [3.63, 3.8) is 0 Å². The van der Waals surface area contributed by atoms with E-state index < -0.39 is 0 Å². The van der Waals surface area contributed by atoms with Gasteiger partial charge in [0.2, 0.25) is 0 Å². The van der Waals surface area contributed by atoms with Crippen LogP contribution in [0, 0.1) is 0 Å². The molecule has 1 amide bonds. The van der Waals surface area contributed by atoms with Gasteiger partial charge in [0, 0.05) is 30.5 Å². The standard InChI is InChI=1S/C15H17ClN4O/c1-20(2)12-6-4-11(5-7-12)18-15(21)13-9-10(16)3-8-14(13)19-17/h3-9,19H,17H2,1-2H3,(H,18,21). The lowest BCUT2D eigenvalue weighted by molar-refractivity contribution is 0.102. The Morgan fingerprint density at radius 3 is 2.38 bits per heavy atom. The maximum Gasteiger partial charge on any atom is 0.257 e. The molecular formula is C15H17ClN4O. The van der Waals surface area contributed by atoms with E-state index in [9.17, 15) is 4.79 Å². The summed E-state index contributed by atoms with van der Waals surface area (Å²) in [5.74, 6) is 5.13. The Morgan fingerprint density at radius 2 is 1.81 bits per heavy atom. The van der Waals surface area contributed by atoms with Crippen LogP contribution < -0.4 is 21.5 Å². The van der Waals surface area contributed by atoms with Crippen LogP contribution >= 0.6 is 11.6 Å². The number of carbonyl (C=O) groups excluding carboxylic acids is 1. The van der Waals surface area contributed by atoms with Gasteiger partial charge in [0.25, 0.3) is 5.91 Å². The summed E-state index contributed by atoms with van der Waals surface area (Å²) in [6, 6.07) is 12.4. The first-order valence-corrected chi connectivity index (χ1v) is 6.74. The second-order valence-electron chi connectivity index (χ2n) is 4.73. The maximum absolute atomic E-state index is 12.3. The molecule has 2 rings (SSSR count). The Labute approximate surface area is 128 Å². The van der Waals surface area contributed by atoms with Gasteiger partial charge in [-0.05, 0) is 42.5 Å². The van der Waals surface area contributed by atoms with Gasteiger partial charge in [-0.2, -0.15) is 0 Å². The van der Waals surface area contributed by atoms with Gasteiger partial charge in [-0.25, -0.2) is 0 Å². The highest BCUT2D eigenvalue weighted by atomic mass is 35.5. The van der Waals surface area contributed by atoms with Gasteiger partial charge in [0.15, 0.2) is 0 Å². The van der Waals surface area contributed by atoms with Crippen LogP contribution in [0.15, 0.2) is 42.5 Å². The average Bonchev–Trinajstić information content (AvgIpc) is 2.47. The molecule has 0 fully saturated rings. The smallest absolute Gasteiger partial charge is 0.257 e. The molecule has 0 aromatic heterocycles. The van der Waals surface area contributed by atoms with Crippen molar-refractivity contribution in [2.45, 2.75) is 0 Å². The molecule has 0 saturated carbocycles. The zero-order valence-corrected chi connectivity index (χ0v) is 12.6. The largest absolute Gasteiger partial charge is 0.378 e. The number of halogens is 1. The molecule has 4 N–H and O–H groups in total. The summed E-state index contributed by atoms with van der Waals surface area (Å²) < 4.78 is 0. The monoisotopic (exact) mass is 304 g/mol. The predicted molar refractivity (Wildman–Crippen MR) is 88.0 cm³/mol. The number of nitrogens with one attached hydrogen (secondary N) is 2. The second-order valence-corrected chi connectivity index (χ2v) is 5.17. The van der Waals surface area contributed by atoms with Crippen LogP contribution in [0.3, 0.4) is 0 Å². The Balaban J connectivity index is 2.19. The van der Waals surface area contributed by atoms with Crippen molar-refractivity contribution in [2.75, 3.05) is 29.7 Å². The van der Waals surface area contributed by atoms with E-state index in [0.29, 0.717) is 22.0 Å². The lowest BCUT2D eigenvalue weighted by atomic mass is 10.1. The van der Waals surface area contributed by atoms with Crippen LogP contribution in [-0.4, -0.2) is 20.0 Å². The molecular weight excluding hydrogens is 288 g/mol. The third kappa shape index (κ3) is 3.65. The fourth-order valence-electron chi connectivity index (χ4n) is 1.87. The van der Waals surface area contributed by atoms with Gasteiger partial charge in [0.05, 0.1) is 11.3 Å². The predicted octanol–water partition coefficient (Wildman–Crippen LogP) is 2.94. The lowest BCUT2D eigenvalue weighted by Crippen LogP contribution is -2.17. The van der Waals surface area contributed by atoms with E-state index in [0.717, 1.165) is 5.69 Å². The number of carbonyl (C=O) groups is 1. The third-order valence-electron chi connectivity index (χ3n) is 3.02. The average molecular weight is 305 g/mol. The fourth-order valence-corrected chi connectivity index (χ4v) is 2.04. The zero-order chi connectivity index (χ0) is 15.4.